The van der Waals surface area contributed by atoms with E-state index in [1.165, 1.54) is 6.20 Å². The van der Waals surface area contributed by atoms with Gasteiger partial charge in [-0.05, 0) is 33.1 Å². The third-order valence-corrected chi connectivity index (χ3v) is 2.79. The molecule has 0 saturated heterocycles. The van der Waals surface area contributed by atoms with Crippen molar-refractivity contribution in [1.82, 2.24) is 19.4 Å². The fraction of sp³-hybridized carbons (Fsp3) is 0.455. The normalized spacial score (nSPS) is 11.5. The number of aromatic amines is 1. The van der Waals surface area contributed by atoms with Gasteiger partial charge in [-0.25, -0.2) is 9.78 Å². The van der Waals surface area contributed by atoms with Crippen LogP contribution in [0.15, 0.2) is 17.1 Å². The number of aryl methyl sites for hydroxylation is 1. The van der Waals surface area contributed by atoms with Crippen LogP contribution in [-0.2, 0) is 6.54 Å². The smallest absolute Gasteiger partial charge is 0.309 e. The fourth-order valence-electron chi connectivity index (χ4n) is 1.78. The highest BCUT2D eigenvalue weighted by molar-refractivity contribution is 6.31. The predicted octanol–water partition coefficient (Wildman–Crippen LogP) is 1.33. The lowest BCUT2D eigenvalue weighted by Gasteiger charge is -2.09. The predicted molar refractivity (Wildman–Crippen MR) is 68.5 cm³/mol. The van der Waals surface area contributed by atoms with Crippen molar-refractivity contribution in [3.63, 3.8) is 0 Å². The van der Waals surface area contributed by atoms with Gasteiger partial charge in [0, 0.05) is 12.7 Å². The molecule has 0 fully saturated rings. The van der Waals surface area contributed by atoms with Gasteiger partial charge < -0.3 is 4.90 Å². The average Bonchev–Trinajstić information content (AvgIpc) is 2.55. The van der Waals surface area contributed by atoms with Crippen LogP contribution >= 0.6 is 11.6 Å². The Morgan fingerprint density at radius 1 is 1.53 bits per heavy atom. The molecule has 0 aromatic carbocycles. The quantitative estimate of drug-likeness (QED) is 0.896. The van der Waals surface area contributed by atoms with Crippen LogP contribution in [0.1, 0.15) is 6.42 Å². The summed E-state index contributed by atoms with van der Waals surface area (Å²) in [5.41, 5.74) is 1.22. The van der Waals surface area contributed by atoms with Crippen LogP contribution in [0.3, 0.4) is 0 Å². The first-order valence-corrected chi connectivity index (χ1v) is 5.84. The van der Waals surface area contributed by atoms with Crippen molar-refractivity contribution >= 4 is 22.8 Å². The molecule has 0 aliphatic rings. The summed E-state index contributed by atoms with van der Waals surface area (Å²) >= 11 is 5.88. The lowest BCUT2D eigenvalue weighted by molar-refractivity contribution is 0.386. The maximum absolute atomic E-state index is 11.7. The molecule has 0 bridgehead atoms. The Balaban J connectivity index is 2.29. The lowest BCUT2D eigenvalue weighted by Crippen LogP contribution is -2.20. The summed E-state index contributed by atoms with van der Waals surface area (Å²) in [6.45, 7) is 1.60. The standard InChI is InChI=1S/C11H15ClN4O/c1-15(2)4-3-5-16-9-6-8(12)7-13-10(9)14-11(16)17/h6-7H,3-5H2,1-2H3,(H,13,14,17). The van der Waals surface area contributed by atoms with Crippen molar-refractivity contribution < 1.29 is 0 Å². The summed E-state index contributed by atoms with van der Waals surface area (Å²) in [5, 5.41) is 0.540. The Hall–Kier alpha value is -1.33. The molecule has 5 nitrogen and oxygen atoms in total. The van der Waals surface area contributed by atoms with E-state index in [9.17, 15) is 4.79 Å². The van der Waals surface area contributed by atoms with Gasteiger partial charge in [-0.3, -0.25) is 9.55 Å². The van der Waals surface area contributed by atoms with E-state index < -0.39 is 0 Å². The topological polar surface area (TPSA) is 53.9 Å². The minimum absolute atomic E-state index is 0.131. The SMILES string of the molecule is CN(C)CCCn1c(=O)[nH]c2ncc(Cl)cc21. The zero-order chi connectivity index (χ0) is 12.4. The van der Waals surface area contributed by atoms with Gasteiger partial charge in [0.05, 0.1) is 10.5 Å². The largest absolute Gasteiger partial charge is 0.327 e. The molecule has 0 aliphatic carbocycles. The number of pyridine rings is 1. The number of halogens is 1. The van der Waals surface area contributed by atoms with Crippen LogP contribution in [0.25, 0.3) is 11.2 Å². The van der Waals surface area contributed by atoms with Crippen molar-refractivity contribution in [3.8, 4) is 0 Å². The summed E-state index contributed by atoms with van der Waals surface area (Å²) < 4.78 is 1.68. The monoisotopic (exact) mass is 254 g/mol. The Morgan fingerprint density at radius 3 is 3.00 bits per heavy atom. The highest BCUT2D eigenvalue weighted by atomic mass is 35.5. The molecule has 0 radical (unpaired) electrons. The van der Waals surface area contributed by atoms with Crippen LogP contribution in [0.2, 0.25) is 5.02 Å². The van der Waals surface area contributed by atoms with Crippen molar-refractivity contribution in [2.75, 3.05) is 20.6 Å². The molecule has 0 atom stereocenters. The van der Waals surface area contributed by atoms with Crippen molar-refractivity contribution in [2.45, 2.75) is 13.0 Å². The lowest BCUT2D eigenvalue weighted by atomic mass is 10.3. The Morgan fingerprint density at radius 2 is 2.29 bits per heavy atom. The van der Waals surface area contributed by atoms with Crippen LogP contribution < -0.4 is 5.69 Å². The van der Waals surface area contributed by atoms with Gasteiger partial charge in [-0.1, -0.05) is 11.6 Å². The highest BCUT2D eigenvalue weighted by Gasteiger charge is 2.07. The molecule has 2 aromatic rings. The van der Waals surface area contributed by atoms with Crippen LogP contribution in [-0.4, -0.2) is 40.1 Å². The van der Waals surface area contributed by atoms with Gasteiger partial charge in [0.25, 0.3) is 0 Å². The molecule has 0 unspecified atom stereocenters. The van der Waals surface area contributed by atoms with Gasteiger partial charge in [-0.15, -0.1) is 0 Å². The number of hydrogen-bond acceptors (Lipinski definition) is 3. The number of nitrogens with one attached hydrogen (secondary N) is 1. The van der Waals surface area contributed by atoms with Gasteiger partial charge >= 0.3 is 5.69 Å². The summed E-state index contributed by atoms with van der Waals surface area (Å²) in [7, 11) is 4.02. The molecule has 2 heterocycles. The molecule has 17 heavy (non-hydrogen) atoms. The molecule has 0 amide bonds. The maximum Gasteiger partial charge on any atom is 0.327 e. The molecule has 6 heteroatoms. The zero-order valence-electron chi connectivity index (χ0n) is 9.90. The van der Waals surface area contributed by atoms with E-state index in [2.05, 4.69) is 14.9 Å². The minimum Gasteiger partial charge on any atom is -0.309 e. The first kappa shape index (κ1) is 12.1. The number of fused-ring (bicyclic) bond motifs is 1. The van der Waals surface area contributed by atoms with Gasteiger partial charge in [0.1, 0.15) is 0 Å². The molecule has 0 spiro atoms. The Labute approximate surface area is 104 Å². The number of hydrogen-bond donors (Lipinski definition) is 1. The second kappa shape index (κ2) is 4.89. The Bertz CT molecular complexity index is 572. The van der Waals surface area contributed by atoms with Crippen LogP contribution in [0.4, 0.5) is 0 Å². The number of aromatic nitrogens is 3. The third kappa shape index (κ3) is 2.68. The van der Waals surface area contributed by atoms with Gasteiger partial charge in [-0.2, -0.15) is 0 Å². The number of nitrogens with zero attached hydrogens (tertiary/aromatic N) is 3. The van der Waals surface area contributed by atoms with Crippen molar-refractivity contribution in [1.29, 1.82) is 0 Å². The first-order chi connectivity index (χ1) is 8.08. The molecular weight excluding hydrogens is 240 g/mol. The Kier molecular flexibility index (Phi) is 3.49. The van der Waals surface area contributed by atoms with E-state index in [1.807, 2.05) is 14.1 Å². The van der Waals surface area contributed by atoms with E-state index in [-0.39, 0.29) is 5.69 Å². The van der Waals surface area contributed by atoms with Crippen LogP contribution in [0.5, 0.6) is 0 Å². The second-order valence-corrected chi connectivity index (χ2v) is 4.70. The average molecular weight is 255 g/mol. The zero-order valence-corrected chi connectivity index (χ0v) is 10.7. The summed E-state index contributed by atoms with van der Waals surface area (Å²) in [6, 6.07) is 1.76. The number of rotatable bonds is 4. The molecule has 92 valence electrons. The summed E-state index contributed by atoms with van der Waals surface area (Å²) in [6.07, 6.45) is 2.44. The van der Waals surface area contributed by atoms with E-state index in [0.717, 1.165) is 18.5 Å². The first-order valence-electron chi connectivity index (χ1n) is 5.47. The molecule has 1 N–H and O–H groups in total. The molecule has 0 aliphatic heterocycles. The number of H-pyrrole nitrogens is 1. The van der Waals surface area contributed by atoms with Gasteiger partial charge in [0.15, 0.2) is 5.65 Å². The van der Waals surface area contributed by atoms with Gasteiger partial charge in [0.2, 0.25) is 0 Å². The molecule has 2 rings (SSSR count). The highest BCUT2D eigenvalue weighted by Crippen LogP contribution is 2.14. The second-order valence-electron chi connectivity index (χ2n) is 4.26. The molecule has 2 aromatic heterocycles. The summed E-state index contributed by atoms with van der Waals surface area (Å²) in [4.78, 5) is 20.6. The van der Waals surface area contributed by atoms with E-state index in [1.54, 1.807) is 10.6 Å². The summed E-state index contributed by atoms with van der Waals surface area (Å²) in [5.74, 6) is 0. The maximum atomic E-state index is 11.7. The molecular formula is C11H15ClN4O. The van der Waals surface area contributed by atoms with Crippen molar-refractivity contribution in [3.05, 3.63) is 27.8 Å². The molecule has 0 saturated carbocycles. The van der Waals surface area contributed by atoms with Crippen molar-refractivity contribution in [2.24, 2.45) is 0 Å². The van der Waals surface area contributed by atoms with E-state index >= 15 is 0 Å². The third-order valence-electron chi connectivity index (χ3n) is 2.58. The number of imidazole rings is 1. The minimum atomic E-state index is -0.131. The fourth-order valence-corrected chi connectivity index (χ4v) is 1.93. The van der Waals surface area contributed by atoms with E-state index in [4.69, 9.17) is 11.6 Å². The van der Waals surface area contributed by atoms with E-state index in [0.29, 0.717) is 17.2 Å². The van der Waals surface area contributed by atoms with Crippen LogP contribution in [0, 0.1) is 0 Å².